The molecule has 1 N–H and O–H groups in total. The van der Waals surface area contributed by atoms with Gasteiger partial charge in [-0.05, 0) is 18.7 Å². The van der Waals surface area contributed by atoms with Gasteiger partial charge in [0, 0.05) is 11.6 Å². The molecule has 2 rings (SSSR count). The Morgan fingerprint density at radius 2 is 2.00 bits per heavy atom. The van der Waals surface area contributed by atoms with Crippen molar-refractivity contribution < 1.29 is 9.90 Å². The number of rotatable bonds is 3. The molecule has 5 heteroatoms. The van der Waals surface area contributed by atoms with Gasteiger partial charge in [0.15, 0.2) is 11.5 Å². The van der Waals surface area contributed by atoms with Gasteiger partial charge in [-0.3, -0.25) is 0 Å². The fourth-order valence-electron chi connectivity index (χ4n) is 1.58. The highest BCUT2D eigenvalue weighted by molar-refractivity contribution is 7.98. The molecule has 0 fully saturated rings. The second-order valence-electron chi connectivity index (χ2n) is 3.74. The molecule has 0 saturated heterocycles. The Morgan fingerprint density at radius 1 is 1.28 bits per heavy atom. The van der Waals surface area contributed by atoms with Gasteiger partial charge in [0.05, 0.1) is 0 Å². The Balaban J connectivity index is 2.60. The summed E-state index contributed by atoms with van der Waals surface area (Å²) in [4.78, 5) is 19.5. The molecule has 0 unspecified atom stereocenters. The highest BCUT2D eigenvalue weighted by atomic mass is 32.2. The maximum Gasteiger partial charge on any atom is 0.354 e. The molecule has 0 radical (unpaired) electrons. The summed E-state index contributed by atoms with van der Waals surface area (Å²) >= 11 is 1.40. The second kappa shape index (κ2) is 5.18. The number of hydrogen-bond acceptors (Lipinski definition) is 4. The first kappa shape index (κ1) is 12.6. The molecular formula is C13H12N2O2S. The molecular weight excluding hydrogens is 248 g/mol. The first-order valence-electron chi connectivity index (χ1n) is 5.34. The van der Waals surface area contributed by atoms with Crippen molar-refractivity contribution in [2.75, 3.05) is 6.26 Å². The largest absolute Gasteiger partial charge is 0.477 e. The summed E-state index contributed by atoms with van der Waals surface area (Å²) in [6.07, 6.45) is 1.86. The van der Waals surface area contributed by atoms with Gasteiger partial charge >= 0.3 is 5.97 Å². The molecule has 1 aromatic carbocycles. The van der Waals surface area contributed by atoms with Crippen LogP contribution < -0.4 is 0 Å². The van der Waals surface area contributed by atoms with Crippen LogP contribution in [0.1, 0.15) is 16.1 Å². The normalized spacial score (nSPS) is 10.3. The van der Waals surface area contributed by atoms with E-state index in [1.54, 1.807) is 0 Å². The molecule has 0 aliphatic carbocycles. The number of aryl methyl sites for hydroxylation is 1. The minimum Gasteiger partial charge on any atom is -0.477 e. The van der Waals surface area contributed by atoms with Gasteiger partial charge < -0.3 is 5.11 Å². The van der Waals surface area contributed by atoms with Crippen molar-refractivity contribution in [2.45, 2.75) is 11.9 Å². The zero-order valence-corrected chi connectivity index (χ0v) is 10.9. The van der Waals surface area contributed by atoms with E-state index in [-0.39, 0.29) is 5.69 Å². The number of nitrogens with zero attached hydrogens (tertiary/aromatic N) is 2. The molecule has 1 aromatic heterocycles. The maximum atomic E-state index is 11.0. The Bertz CT molecular complexity index is 599. The van der Waals surface area contributed by atoms with Crippen LogP contribution in [0.5, 0.6) is 0 Å². The lowest BCUT2D eigenvalue weighted by Gasteiger charge is -2.06. The van der Waals surface area contributed by atoms with Crippen LogP contribution in [0.2, 0.25) is 0 Å². The van der Waals surface area contributed by atoms with Crippen molar-refractivity contribution in [3.63, 3.8) is 0 Å². The zero-order valence-electron chi connectivity index (χ0n) is 10.0. The van der Waals surface area contributed by atoms with E-state index in [1.807, 2.05) is 37.4 Å². The smallest absolute Gasteiger partial charge is 0.354 e. The predicted octanol–water partition coefficient (Wildman–Crippen LogP) is 2.87. The average Bonchev–Trinajstić information content (AvgIpc) is 2.38. The van der Waals surface area contributed by atoms with Crippen molar-refractivity contribution in [3.05, 3.63) is 41.6 Å². The van der Waals surface area contributed by atoms with Crippen molar-refractivity contribution in [1.29, 1.82) is 0 Å². The topological polar surface area (TPSA) is 63.1 Å². The number of carboxylic acids is 1. The van der Waals surface area contributed by atoms with Crippen LogP contribution in [-0.4, -0.2) is 27.3 Å². The summed E-state index contributed by atoms with van der Waals surface area (Å²) in [5.41, 5.74) is 1.90. The third-order valence-corrected chi connectivity index (χ3v) is 3.14. The summed E-state index contributed by atoms with van der Waals surface area (Å²) in [6.45, 7) is 1.95. The Morgan fingerprint density at radius 3 is 2.61 bits per heavy atom. The first-order valence-corrected chi connectivity index (χ1v) is 6.56. The lowest BCUT2D eigenvalue weighted by Crippen LogP contribution is -2.04. The van der Waals surface area contributed by atoms with Crippen LogP contribution >= 0.6 is 11.8 Å². The molecule has 0 saturated carbocycles. The Kier molecular flexibility index (Phi) is 3.62. The number of thioether (sulfide) groups is 1. The van der Waals surface area contributed by atoms with Crippen LogP contribution in [0.3, 0.4) is 0 Å². The fourth-order valence-corrected chi connectivity index (χ4v) is 1.99. The van der Waals surface area contributed by atoms with Gasteiger partial charge in [-0.2, -0.15) is 0 Å². The van der Waals surface area contributed by atoms with Crippen molar-refractivity contribution in [2.24, 2.45) is 0 Å². The van der Waals surface area contributed by atoms with E-state index in [2.05, 4.69) is 9.97 Å². The molecule has 0 spiro atoms. The number of aromatic nitrogens is 2. The van der Waals surface area contributed by atoms with E-state index in [4.69, 9.17) is 5.11 Å². The second-order valence-corrected chi connectivity index (χ2v) is 4.57. The van der Waals surface area contributed by atoms with Crippen LogP contribution in [0.4, 0.5) is 0 Å². The summed E-state index contributed by atoms with van der Waals surface area (Å²) in [7, 11) is 0. The molecule has 0 amide bonds. The number of hydrogen-bond donors (Lipinski definition) is 1. The van der Waals surface area contributed by atoms with Gasteiger partial charge in [-0.15, -0.1) is 11.8 Å². The van der Waals surface area contributed by atoms with Crippen molar-refractivity contribution in [1.82, 2.24) is 9.97 Å². The number of carbonyl (C=O) groups is 1. The van der Waals surface area contributed by atoms with Crippen molar-refractivity contribution >= 4 is 17.7 Å². The number of benzene rings is 1. The summed E-state index contributed by atoms with van der Waals surface area (Å²) in [5.74, 6) is -0.583. The van der Waals surface area contributed by atoms with E-state index in [0.29, 0.717) is 10.9 Å². The van der Waals surface area contributed by atoms with Gasteiger partial charge in [0.25, 0.3) is 0 Å². The van der Waals surface area contributed by atoms with Crippen LogP contribution in [0.15, 0.2) is 35.4 Å². The lowest BCUT2D eigenvalue weighted by molar-refractivity contribution is 0.0690. The molecule has 2 aromatic rings. The van der Waals surface area contributed by atoms with Crippen molar-refractivity contribution in [3.8, 4) is 11.4 Å². The molecule has 4 nitrogen and oxygen atoms in total. The quantitative estimate of drug-likeness (QED) is 0.679. The molecule has 18 heavy (non-hydrogen) atoms. The zero-order chi connectivity index (χ0) is 13.1. The van der Waals surface area contributed by atoms with E-state index >= 15 is 0 Å². The molecule has 0 bridgehead atoms. The van der Waals surface area contributed by atoms with Gasteiger partial charge in [0.2, 0.25) is 0 Å². The summed E-state index contributed by atoms with van der Waals surface area (Å²) < 4.78 is 0. The molecule has 92 valence electrons. The van der Waals surface area contributed by atoms with E-state index < -0.39 is 5.97 Å². The summed E-state index contributed by atoms with van der Waals surface area (Å²) in [5, 5.41) is 9.70. The number of carboxylic acid groups (broad SMARTS) is 1. The highest BCUT2D eigenvalue weighted by Crippen LogP contribution is 2.22. The van der Waals surface area contributed by atoms with Gasteiger partial charge in [-0.1, -0.05) is 24.3 Å². The summed E-state index contributed by atoms with van der Waals surface area (Å²) in [6, 6.07) is 9.13. The Hall–Kier alpha value is -1.88. The molecule has 0 aliphatic heterocycles. The highest BCUT2D eigenvalue weighted by Gasteiger charge is 2.12. The average molecular weight is 260 g/mol. The first-order chi connectivity index (χ1) is 8.61. The lowest BCUT2D eigenvalue weighted by atomic mass is 10.1. The standard InChI is InChI=1S/C13H12N2O2S/c1-8-5-3-4-6-9(8)12-14-10(13(16)17)7-11(15-12)18-2/h3-7H,1-2H3,(H,16,17). The van der Waals surface area contributed by atoms with E-state index in [0.717, 1.165) is 11.1 Å². The third-order valence-electron chi connectivity index (χ3n) is 2.52. The molecule has 1 heterocycles. The Labute approximate surface area is 109 Å². The van der Waals surface area contributed by atoms with E-state index in [9.17, 15) is 4.79 Å². The number of aromatic carboxylic acids is 1. The van der Waals surface area contributed by atoms with Gasteiger partial charge in [-0.25, -0.2) is 14.8 Å². The van der Waals surface area contributed by atoms with Gasteiger partial charge in [0.1, 0.15) is 5.03 Å². The fraction of sp³-hybridized carbons (Fsp3) is 0.154. The molecule has 0 atom stereocenters. The van der Waals surface area contributed by atoms with Crippen LogP contribution in [-0.2, 0) is 0 Å². The molecule has 0 aliphatic rings. The third kappa shape index (κ3) is 2.51. The minimum absolute atomic E-state index is 0.0209. The van der Waals surface area contributed by atoms with E-state index in [1.165, 1.54) is 17.8 Å². The SMILES string of the molecule is CSc1cc(C(=O)O)nc(-c2ccccc2C)n1. The van der Waals surface area contributed by atoms with Crippen LogP contribution in [0, 0.1) is 6.92 Å². The maximum absolute atomic E-state index is 11.0. The van der Waals surface area contributed by atoms with Crippen LogP contribution in [0.25, 0.3) is 11.4 Å². The minimum atomic E-state index is -1.04. The monoisotopic (exact) mass is 260 g/mol. The predicted molar refractivity (Wildman–Crippen MR) is 70.9 cm³/mol.